The van der Waals surface area contributed by atoms with Crippen LogP contribution in [0.5, 0.6) is 5.75 Å². The topological polar surface area (TPSA) is 129 Å². The minimum atomic E-state index is -4.91. The van der Waals surface area contributed by atoms with E-state index in [0.29, 0.717) is 19.5 Å². The number of aryl methyl sites for hydroxylation is 1. The van der Waals surface area contributed by atoms with Crippen LogP contribution in [0.4, 0.5) is 29.3 Å². The third kappa shape index (κ3) is 8.92. The number of thioether (sulfide) groups is 1. The Morgan fingerprint density at radius 3 is 2.59 bits per heavy atom. The molecule has 2 fully saturated rings. The van der Waals surface area contributed by atoms with Crippen LogP contribution in [0.15, 0.2) is 36.4 Å². The van der Waals surface area contributed by atoms with Gasteiger partial charge in [-0.05, 0) is 48.7 Å². The first kappa shape index (κ1) is 30.3. The summed E-state index contributed by atoms with van der Waals surface area (Å²) < 4.78 is 41.3. The van der Waals surface area contributed by atoms with Crippen molar-refractivity contribution >= 4 is 41.0 Å². The van der Waals surface area contributed by atoms with Crippen LogP contribution in [0.25, 0.3) is 0 Å². The molecule has 41 heavy (non-hydrogen) atoms. The Bertz CT molecular complexity index is 1270. The van der Waals surface area contributed by atoms with Gasteiger partial charge >= 0.3 is 12.4 Å². The van der Waals surface area contributed by atoms with Crippen molar-refractivity contribution in [3.63, 3.8) is 0 Å². The number of nitrogen functional groups attached to an aromatic ring is 1. The highest BCUT2D eigenvalue weighted by atomic mass is 32.2. The lowest BCUT2D eigenvalue weighted by Crippen LogP contribution is -2.43. The fraction of sp³-hybridized carbons (Fsp3) is 0.444. The lowest BCUT2D eigenvalue weighted by Gasteiger charge is -2.27. The second kappa shape index (κ2) is 13.3. The van der Waals surface area contributed by atoms with Crippen LogP contribution >= 0.6 is 11.8 Å². The van der Waals surface area contributed by atoms with Gasteiger partial charge in [-0.15, -0.1) is 13.2 Å². The fourth-order valence-electron chi connectivity index (χ4n) is 4.68. The predicted molar refractivity (Wildman–Crippen MR) is 151 cm³/mol. The molecule has 1 atom stereocenters. The number of hydrogen-bond donors (Lipinski definition) is 4. The number of carbonyl (C=O) groups is 3. The number of amides is 4. The average molecular weight is 595 g/mol. The van der Waals surface area contributed by atoms with E-state index in [1.165, 1.54) is 0 Å². The highest BCUT2D eigenvalue weighted by molar-refractivity contribution is 7.99. The van der Waals surface area contributed by atoms with Gasteiger partial charge in [-0.3, -0.25) is 14.5 Å². The van der Waals surface area contributed by atoms with Crippen LogP contribution in [-0.2, 0) is 11.3 Å². The number of benzene rings is 2. The van der Waals surface area contributed by atoms with E-state index in [2.05, 4.69) is 25.6 Å². The molecular weight excluding hydrogens is 561 g/mol. The average Bonchev–Trinajstić information content (AvgIpc) is 3.36. The zero-order chi connectivity index (χ0) is 29.6. The molecule has 0 spiro atoms. The summed E-state index contributed by atoms with van der Waals surface area (Å²) in [6.07, 6.45) is -4.20. The van der Waals surface area contributed by atoms with E-state index in [4.69, 9.17) is 5.73 Å². The third-order valence-corrected chi connectivity index (χ3v) is 7.74. The number of nitrogens with one attached hydrogen (secondary N) is 3. The van der Waals surface area contributed by atoms with E-state index in [1.807, 2.05) is 41.8 Å². The van der Waals surface area contributed by atoms with Gasteiger partial charge in [0.1, 0.15) is 5.75 Å². The number of urea groups is 1. The van der Waals surface area contributed by atoms with E-state index < -0.39 is 23.9 Å². The summed E-state index contributed by atoms with van der Waals surface area (Å²) in [5, 5.41) is 8.30. The smallest absolute Gasteiger partial charge is 0.406 e. The summed E-state index contributed by atoms with van der Waals surface area (Å²) in [5.41, 5.74) is 8.24. The van der Waals surface area contributed by atoms with Crippen molar-refractivity contribution in [1.29, 1.82) is 0 Å². The first-order valence-corrected chi connectivity index (χ1v) is 14.3. The van der Waals surface area contributed by atoms with E-state index in [1.54, 1.807) is 0 Å². The maximum atomic E-state index is 12.7. The SMILES string of the molecule is Cc1ccc(CN2CC[C@H](NC(=O)CNC(=O)c3cc(OC(F)(F)F)ccc3N)C2)cc1NC(=O)N1CCSCC1. The lowest BCUT2D eigenvalue weighted by atomic mass is 10.1. The Morgan fingerprint density at radius 2 is 1.85 bits per heavy atom. The zero-order valence-electron chi connectivity index (χ0n) is 22.6. The minimum Gasteiger partial charge on any atom is -0.406 e. The molecular formula is C27H33F3N6O4S. The summed E-state index contributed by atoms with van der Waals surface area (Å²) in [6.45, 7) is 5.05. The predicted octanol–water partition coefficient (Wildman–Crippen LogP) is 3.18. The monoisotopic (exact) mass is 594 g/mol. The Balaban J connectivity index is 1.24. The van der Waals surface area contributed by atoms with Gasteiger partial charge in [0, 0.05) is 61.6 Å². The number of rotatable bonds is 8. The summed E-state index contributed by atoms with van der Waals surface area (Å²) >= 11 is 1.84. The third-order valence-electron chi connectivity index (χ3n) is 6.80. The molecule has 2 heterocycles. The maximum Gasteiger partial charge on any atom is 0.573 e. The maximum absolute atomic E-state index is 12.7. The normalized spacial score (nSPS) is 17.7. The first-order valence-electron chi connectivity index (χ1n) is 13.2. The Labute approximate surface area is 240 Å². The van der Waals surface area contributed by atoms with Gasteiger partial charge in [-0.1, -0.05) is 12.1 Å². The Kier molecular flexibility index (Phi) is 9.86. The van der Waals surface area contributed by atoms with Gasteiger partial charge < -0.3 is 31.3 Å². The number of ether oxygens (including phenoxy) is 1. The molecule has 2 aliphatic heterocycles. The van der Waals surface area contributed by atoms with E-state index in [9.17, 15) is 27.6 Å². The van der Waals surface area contributed by atoms with Crippen LogP contribution in [0, 0.1) is 6.92 Å². The van der Waals surface area contributed by atoms with Crippen molar-refractivity contribution in [2.45, 2.75) is 32.3 Å². The Hall–Kier alpha value is -3.65. The number of anilines is 2. The van der Waals surface area contributed by atoms with E-state index in [-0.39, 0.29) is 29.9 Å². The second-order valence-electron chi connectivity index (χ2n) is 9.95. The van der Waals surface area contributed by atoms with Crippen molar-refractivity contribution < 1.29 is 32.3 Å². The van der Waals surface area contributed by atoms with Crippen molar-refractivity contribution in [2.75, 3.05) is 55.3 Å². The van der Waals surface area contributed by atoms with Gasteiger partial charge in [0.2, 0.25) is 5.91 Å². The van der Waals surface area contributed by atoms with Crippen LogP contribution in [0.2, 0.25) is 0 Å². The molecule has 14 heteroatoms. The van der Waals surface area contributed by atoms with Crippen molar-refractivity contribution in [2.24, 2.45) is 0 Å². The zero-order valence-corrected chi connectivity index (χ0v) is 23.4. The number of hydrogen-bond acceptors (Lipinski definition) is 7. The standard InChI is InChI=1S/C27H33F3N6O4S/c1-17-2-3-18(12-23(17)34-26(39)36-8-10-41-11-9-36)15-35-7-6-19(16-35)33-24(37)14-32-25(38)21-13-20(4-5-22(21)31)40-27(28,29)30/h2-5,12-13,19H,6-11,14-16,31H2,1H3,(H,32,38)(H,33,37)(H,34,39)/t19-/m0/s1. The summed E-state index contributed by atoms with van der Waals surface area (Å²) in [6, 6.07) is 8.76. The lowest BCUT2D eigenvalue weighted by molar-refractivity contribution is -0.274. The highest BCUT2D eigenvalue weighted by Gasteiger charge is 2.31. The van der Waals surface area contributed by atoms with Crippen molar-refractivity contribution in [1.82, 2.24) is 20.4 Å². The van der Waals surface area contributed by atoms with E-state index >= 15 is 0 Å². The number of alkyl halides is 3. The van der Waals surface area contributed by atoms with Gasteiger partial charge in [0.25, 0.3) is 5.91 Å². The molecule has 10 nitrogen and oxygen atoms in total. The molecule has 0 radical (unpaired) electrons. The molecule has 2 saturated heterocycles. The number of nitrogens with zero attached hydrogens (tertiary/aromatic N) is 2. The minimum absolute atomic E-state index is 0.0479. The number of likely N-dealkylation sites (tertiary alicyclic amines) is 1. The van der Waals surface area contributed by atoms with Gasteiger partial charge in [0.15, 0.2) is 0 Å². The highest BCUT2D eigenvalue weighted by Crippen LogP contribution is 2.26. The number of halogens is 3. The molecule has 222 valence electrons. The number of nitrogens with two attached hydrogens (primary N) is 1. The molecule has 0 saturated carbocycles. The largest absolute Gasteiger partial charge is 0.573 e. The summed E-state index contributed by atoms with van der Waals surface area (Å²) in [7, 11) is 0. The molecule has 2 aromatic rings. The quantitative estimate of drug-likeness (QED) is 0.346. The van der Waals surface area contributed by atoms with Crippen LogP contribution in [0.3, 0.4) is 0 Å². The molecule has 0 bridgehead atoms. The van der Waals surface area contributed by atoms with Gasteiger partial charge in [-0.25, -0.2) is 4.79 Å². The summed E-state index contributed by atoms with van der Waals surface area (Å²) in [5.74, 6) is 0.0723. The first-order chi connectivity index (χ1) is 19.5. The molecule has 0 aliphatic carbocycles. The molecule has 4 rings (SSSR count). The number of carbonyl (C=O) groups excluding carboxylic acids is 3. The van der Waals surface area contributed by atoms with Crippen LogP contribution in [-0.4, -0.2) is 84.3 Å². The molecule has 0 aromatic heterocycles. The molecule has 2 aliphatic rings. The van der Waals surface area contributed by atoms with Crippen molar-refractivity contribution in [3.8, 4) is 5.75 Å². The van der Waals surface area contributed by atoms with Crippen molar-refractivity contribution in [3.05, 3.63) is 53.1 Å². The molecule has 4 amide bonds. The fourth-order valence-corrected chi connectivity index (χ4v) is 5.58. The second-order valence-corrected chi connectivity index (χ2v) is 11.2. The summed E-state index contributed by atoms with van der Waals surface area (Å²) in [4.78, 5) is 41.6. The van der Waals surface area contributed by atoms with Gasteiger partial charge in [0.05, 0.1) is 12.1 Å². The Morgan fingerprint density at radius 1 is 1.10 bits per heavy atom. The van der Waals surface area contributed by atoms with Crippen LogP contribution in [0.1, 0.15) is 27.9 Å². The molecule has 5 N–H and O–H groups in total. The molecule has 0 unspecified atom stereocenters. The van der Waals surface area contributed by atoms with Gasteiger partial charge in [-0.2, -0.15) is 11.8 Å². The molecule has 2 aromatic carbocycles. The van der Waals surface area contributed by atoms with Crippen LogP contribution < -0.4 is 26.4 Å². The van der Waals surface area contributed by atoms with E-state index in [0.717, 1.165) is 66.2 Å².